The Morgan fingerprint density at radius 2 is 1.35 bits per heavy atom. The van der Waals surface area contributed by atoms with Crippen LogP contribution >= 0.6 is 0 Å². The Morgan fingerprint density at radius 3 is 1.61 bits per heavy atom. The number of phenols is 1. The number of benzene rings is 1. The quantitative estimate of drug-likeness (QED) is 0.852. The Morgan fingerprint density at radius 1 is 0.913 bits per heavy atom. The first-order valence-corrected chi connectivity index (χ1v) is 8.03. The minimum Gasteiger partial charge on any atom is -0.502 e. The van der Waals surface area contributed by atoms with E-state index in [1.54, 1.807) is 0 Å². The summed E-state index contributed by atoms with van der Waals surface area (Å²) >= 11 is 0. The van der Waals surface area contributed by atoms with Crippen molar-refractivity contribution in [2.24, 2.45) is 16.7 Å². The molecule has 0 bridgehead atoms. The first-order valence-electron chi connectivity index (χ1n) is 8.03. The van der Waals surface area contributed by atoms with Crippen molar-refractivity contribution in [1.29, 1.82) is 0 Å². The molecule has 1 rings (SSSR count). The predicted octanol–water partition coefficient (Wildman–Crippen LogP) is 4.19. The van der Waals surface area contributed by atoms with Gasteiger partial charge >= 0.3 is 0 Å². The molecule has 4 heteroatoms. The zero-order valence-electron chi connectivity index (χ0n) is 15.7. The highest BCUT2D eigenvalue weighted by molar-refractivity contribution is 5.53. The summed E-state index contributed by atoms with van der Waals surface area (Å²) in [5.74, 6) is 0.915. The van der Waals surface area contributed by atoms with Gasteiger partial charge in [-0.2, -0.15) is 0 Å². The average Bonchev–Trinajstić information content (AvgIpc) is 2.42. The van der Waals surface area contributed by atoms with Crippen molar-refractivity contribution in [1.82, 2.24) is 0 Å². The van der Waals surface area contributed by atoms with E-state index >= 15 is 0 Å². The number of aliphatic hydroxyl groups excluding tert-OH is 1. The van der Waals surface area contributed by atoms with E-state index in [1.807, 2.05) is 12.1 Å². The highest BCUT2D eigenvalue weighted by Gasteiger charge is 2.40. The lowest BCUT2D eigenvalue weighted by Crippen LogP contribution is -2.36. The molecule has 1 aromatic carbocycles. The van der Waals surface area contributed by atoms with E-state index in [1.165, 1.54) is 14.2 Å². The number of aromatic hydroxyl groups is 1. The molecule has 0 aromatic heterocycles. The van der Waals surface area contributed by atoms with Crippen LogP contribution in [0.4, 0.5) is 0 Å². The van der Waals surface area contributed by atoms with Crippen molar-refractivity contribution in [2.45, 2.75) is 47.5 Å². The van der Waals surface area contributed by atoms with Gasteiger partial charge in [0.2, 0.25) is 5.75 Å². The molecule has 0 aliphatic carbocycles. The van der Waals surface area contributed by atoms with Crippen LogP contribution < -0.4 is 9.47 Å². The highest BCUT2D eigenvalue weighted by Crippen LogP contribution is 2.50. The van der Waals surface area contributed by atoms with Crippen LogP contribution in [0.1, 0.15) is 53.0 Å². The number of phenolic OH excluding ortho intramolecular Hbond substituents is 1. The zero-order chi connectivity index (χ0) is 18.0. The molecule has 0 fully saturated rings. The van der Waals surface area contributed by atoms with Gasteiger partial charge in [-0.15, -0.1) is 0 Å². The summed E-state index contributed by atoms with van der Waals surface area (Å²) in [4.78, 5) is 0. The lowest BCUT2D eigenvalue weighted by molar-refractivity contribution is 0.0646. The maximum atomic E-state index is 10.2. The van der Waals surface area contributed by atoms with Crippen molar-refractivity contribution in [2.75, 3.05) is 20.8 Å². The van der Waals surface area contributed by atoms with Crippen LogP contribution in [0.25, 0.3) is 0 Å². The first-order chi connectivity index (χ1) is 10.5. The number of hydrogen-bond acceptors (Lipinski definition) is 4. The van der Waals surface area contributed by atoms with E-state index in [2.05, 4.69) is 41.5 Å². The van der Waals surface area contributed by atoms with Crippen molar-refractivity contribution in [3.63, 3.8) is 0 Å². The minimum absolute atomic E-state index is 0.00252. The maximum Gasteiger partial charge on any atom is 0.200 e. The molecule has 0 aliphatic heterocycles. The second kappa shape index (κ2) is 7.00. The second-order valence-electron chi connectivity index (χ2n) is 8.27. The average molecular weight is 324 g/mol. The molecule has 0 aliphatic rings. The fraction of sp³-hybridized carbons (Fsp3) is 0.684. The van der Waals surface area contributed by atoms with Gasteiger partial charge in [-0.3, -0.25) is 0 Å². The summed E-state index contributed by atoms with van der Waals surface area (Å²) in [6.45, 7) is 13.0. The third-order valence-corrected chi connectivity index (χ3v) is 4.51. The predicted molar refractivity (Wildman–Crippen MR) is 93.4 cm³/mol. The van der Waals surface area contributed by atoms with E-state index in [-0.39, 0.29) is 35.0 Å². The van der Waals surface area contributed by atoms with Gasteiger partial charge in [-0.1, -0.05) is 41.5 Å². The summed E-state index contributed by atoms with van der Waals surface area (Å²) < 4.78 is 10.6. The first kappa shape index (κ1) is 19.6. The standard InChI is InChI=1S/C19H32O4/c1-18(2,3)13(11-20)16(19(4,5)6)12-9-14(22-7)17(21)15(10-12)23-8/h9-10,13,16,20-21H,11H2,1-8H3. The number of rotatable bonds is 5. The lowest BCUT2D eigenvalue weighted by Gasteiger charge is -2.43. The lowest BCUT2D eigenvalue weighted by atomic mass is 9.62. The minimum atomic E-state index is -0.0757. The fourth-order valence-electron chi connectivity index (χ4n) is 3.31. The molecule has 0 spiro atoms. The molecule has 0 heterocycles. The van der Waals surface area contributed by atoms with E-state index in [0.717, 1.165) is 5.56 Å². The van der Waals surface area contributed by atoms with Gasteiger partial charge in [-0.25, -0.2) is 0 Å². The molecule has 4 nitrogen and oxygen atoms in total. The smallest absolute Gasteiger partial charge is 0.200 e. The van der Waals surface area contributed by atoms with Gasteiger partial charge in [0.25, 0.3) is 0 Å². The number of methoxy groups -OCH3 is 2. The largest absolute Gasteiger partial charge is 0.502 e. The summed E-state index contributed by atoms with van der Waals surface area (Å²) in [5.41, 5.74) is 0.858. The fourth-order valence-corrected chi connectivity index (χ4v) is 3.31. The molecule has 132 valence electrons. The summed E-state index contributed by atoms with van der Waals surface area (Å²) in [6, 6.07) is 3.70. The number of hydrogen-bond donors (Lipinski definition) is 2. The summed E-state index contributed by atoms with van der Waals surface area (Å²) in [5, 5.41) is 20.2. The molecule has 0 amide bonds. The van der Waals surface area contributed by atoms with E-state index in [4.69, 9.17) is 9.47 Å². The van der Waals surface area contributed by atoms with Gasteiger partial charge in [0.1, 0.15) is 0 Å². The van der Waals surface area contributed by atoms with Crippen molar-refractivity contribution < 1.29 is 19.7 Å². The third kappa shape index (κ3) is 4.31. The zero-order valence-corrected chi connectivity index (χ0v) is 15.7. The van der Waals surface area contributed by atoms with E-state index in [0.29, 0.717) is 11.5 Å². The molecule has 0 saturated heterocycles. The molecule has 2 atom stereocenters. The second-order valence-corrected chi connectivity index (χ2v) is 8.27. The molecule has 0 radical (unpaired) electrons. The Bertz CT molecular complexity index is 498. The molecule has 2 N–H and O–H groups in total. The SMILES string of the molecule is COc1cc(C(C(CO)C(C)(C)C)C(C)(C)C)cc(OC)c1O. The van der Waals surface area contributed by atoms with Crippen LogP contribution in [0.3, 0.4) is 0 Å². The topological polar surface area (TPSA) is 58.9 Å². The molecular weight excluding hydrogens is 292 g/mol. The Kier molecular flexibility index (Phi) is 5.97. The number of aliphatic hydroxyl groups is 1. The van der Waals surface area contributed by atoms with Gasteiger partial charge in [-0.05, 0) is 40.4 Å². The Balaban J connectivity index is 3.56. The van der Waals surface area contributed by atoms with Crippen molar-refractivity contribution in [3.05, 3.63) is 17.7 Å². The molecule has 0 saturated carbocycles. The van der Waals surface area contributed by atoms with Crippen LogP contribution in [-0.4, -0.2) is 31.0 Å². The normalized spacial score (nSPS) is 15.2. The van der Waals surface area contributed by atoms with Crippen molar-refractivity contribution in [3.8, 4) is 17.2 Å². The van der Waals surface area contributed by atoms with Gasteiger partial charge in [0, 0.05) is 6.61 Å². The van der Waals surface area contributed by atoms with Crippen LogP contribution in [0.2, 0.25) is 0 Å². The highest BCUT2D eigenvalue weighted by atomic mass is 16.5. The van der Waals surface area contributed by atoms with Gasteiger partial charge in [0.15, 0.2) is 11.5 Å². The Labute approximate surface area is 140 Å². The molecular formula is C19H32O4. The monoisotopic (exact) mass is 324 g/mol. The van der Waals surface area contributed by atoms with Crippen LogP contribution in [0.15, 0.2) is 12.1 Å². The molecule has 2 unspecified atom stereocenters. The van der Waals surface area contributed by atoms with Crippen molar-refractivity contribution >= 4 is 0 Å². The number of ether oxygens (including phenoxy) is 2. The summed E-state index contributed by atoms with van der Waals surface area (Å²) in [6.07, 6.45) is 0. The van der Waals surface area contributed by atoms with Crippen LogP contribution in [0, 0.1) is 16.7 Å². The molecule has 1 aromatic rings. The van der Waals surface area contributed by atoms with E-state index < -0.39 is 0 Å². The summed E-state index contributed by atoms with van der Waals surface area (Å²) in [7, 11) is 3.05. The van der Waals surface area contributed by atoms with E-state index in [9.17, 15) is 10.2 Å². The molecule has 23 heavy (non-hydrogen) atoms. The third-order valence-electron chi connectivity index (χ3n) is 4.51. The maximum absolute atomic E-state index is 10.2. The van der Waals surface area contributed by atoms with Gasteiger partial charge in [0.05, 0.1) is 14.2 Å². The Hall–Kier alpha value is -1.42. The van der Waals surface area contributed by atoms with Crippen LogP contribution in [0.5, 0.6) is 17.2 Å². The van der Waals surface area contributed by atoms with Crippen LogP contribution in [-0.2, 0) is 0 Å². The van der Waals surface area contributed by atoms with Gasteiger partial charge < -0.3 is 19.7 Å².